The summed E-state index contributed by atoms with van der Waals surface area (Å²) in [6.07, 6.45) is -0.683. The molecule has 1 heterocycles. The van der Waals surface area contributed by atoms with Gasteiger partial charge in [0.25, 0.3) is 0 Å². The van der Waals surface area contributed by atoms with E-state index in [1.165, 1.54) is 12.7 Å². The summed E-state index contributed by atoms with van der Waals surface area (Å²) in [7, 11) is 1.38. The van der Waals surface area contributed by atoms with Crippen LogP contribution in [0.2, 0.25) is 0 Å². The molecule has 4 heteroatoms. The van der Waals surface area contributed by atoms with Gasteiger partial charge < -0.3 is 14.0 Å². The Morgan fingerprint density at radius 1 is 1.19 bits per heavy atom. The third-order valence-electron chi connectivity index (χ3n) is 3.43. The number of methoxy groups -OCH3 is 1. The summed E-state index contributed by atoms with van der Waals surface area (Å²) < 4.78 is 12.5. The van der Waals surface area contributed by atoms with Crippen LogP contribution in [0.15, 0.2) is 42.5 Å². The van der Waals surface area contributed by atoms with Gasteiger partial charge in [0.1, 0.15) is 0 Å². The van der Waals surface area contributed by atoms with Gasteiger partial charge in [0, 0.05) is 18.8 Å². The summed E-state index contributed by atoms with van der Waals surface area (Å²) in [4.78, 5) is 12.0. The van der Waals surface area contributed by atoms with Gasteiger partial charge in [-0.15, -0.1) is 0 Å². The highest BCUT2D eigenvalue weighted by atomic mass is 16.6. The monoisotopic (exact) mass is 287 g/mol. The summed E-state index contributed by atoms with van der Waals surface area (Å²) in [6.45, 7) is 5.05. The zero-order valence-electron chi connectivity index (χ0n) is 12.7. The predicted octanol–water partition coefficient (Wildman–Crippen LogP) is 3.10. The average molecular weight is 287 g/mol. The maximum atomic E-state index is 12.0. The first kappa shape index (κ1) is 15.3. The molecular weight excluding hydrogens is 266 g/mol. The average Bonchev–Trinajstić information content (AvgIpc) is 2.86. The molecule has 0 amide bonds. The van der Waals surface area contributed by atoms with Gasteiger partial charge in [-0.1, -0.05) is 30.3 Å². The molecule has 0 radical (unpaired) electrons. The van der Waals surface area contributed by atoms with Gasteiger partial charge in [-0.3, -0.25) is 0 Å². The van der Waals surface area contributed by atoms with Crippen molar-refractivity contribution in [3.63, 3.8) is 0 Å². The maximum absolute atomic E-state index is 12.0. The minimum atomic E-state index is -0.683. The first-order valence-electron chi connectivity index (χ1n) is 7.06. The first-order valence-corrected chi connectivity index (χ1v) is 7.06. The molecule has 2 aromatic rings. The van der Waals surface area contributed by atoms with Crippen LogP contribution in [0.5, 0.6) is 0 Å². The third kappa shape index (κ3) is 3.52. The SMILES string of the molecule is CCOC(C(=O)OC)c1ccc(C)n1Cc1ccccc1. The van der Waals surface area contributed by atoms with E-state index in [2.05, 4.69) is 16.7 Å². The molecule has 0 bridgehead atoms. The van der Waals surface area contributed by atoms with Gasteiger partial charge in [-0.2, -0.15) is 0 Å². The lowest BCUT2D eigenvalue weighted by molar-refractivity contribution is -0.154. The summed E-state index contributed by atoms with van der Waals surface area (Å²) in [5.41, 5.74) is 3.09. The van der Waals surface area contributed by atoms with Crippen LogP contribution in [-0.2, 0) is 20.8 Å². The van der Waals surface area contributed by atoms with Gasteiger partial charge in [0.2, 0.25) is 0 Å². The number of hydrogen-bond donors (Lipinski definition) is 0. The minimum Gasteiger partial charge on any atom is -0.467 e. The number of aryl methyl sites for hydroxylation is 1. The van der Waals surface area contributed by atoms with E-state index in [1.54, 1.807) is 0 Å². The Balaban J connectivity index is 2.34. The van der Waals surface area contributed by atoms with Crippen LogP contribution in [0.25, 0.3) is 0 Å². The van der Waals surface area contributed by atoms with Crippen LogP contribution >= 0.6 is 0 Å². The van der Waals surface area contributed by atoms with Crippen molar-refractivity contribution in [2.24, 2.45) is 0 Å². The molecule has 0 aliphatic rings. The number of rotatable bonds is 6. The Bertz CT molecular complexity index is 589. The molecular formula is C17H21NO3. The Kier molecular flexibility index (Phi) is 5.17. The van der Waals surface area contributed by atoms with E-state index in [-0.39, 0.29) is 5.97 Å². The fraction of sp³-hybridized carbons (Fsp3) is 0.353. The fourth-order valence-corrected chi connectivity index (χ4v) is 2.35. The molecule has 0 spiro atoms. The molecule has 2 rings (SSSR count). The molecule has 0 aliphatic heterocycles. The molecule has 0 aliphatic carbocycles. The Morgan fingerprint density at radius 3 is 2.52 bits per heavy atom. The topological polar surface area (TPSA) is 40.5 Å². The fourth-order valence-electron chi connectivity index (χ4n) is 2.35. The predicted molar refractivity (Wildman–Crippen MR) is 81.1 cm³/mol. The first-order chi connectivity index (χ1) is 10.2. The summed E-state index contributed by atoms with van der Waals surface area (Å²) in [5, 5.41) is 0. The molecule has 4 nitrogen and oxygen atoms in total. The molecule has 1 unspecified atom stereocenters. The van der Waals surface area contributed by atoms with Crippen LogP contribution < -0.4 is 0 Å². The number of esters is 1. The van der Waals surface area contributed by atoms with Crippen molar-refractivity contribution in [3.05, 3.63) is 59.4 Å². The van der Waals surface area contributed by atoms with Crippen molar-refractivity contribution >= 4 is 5.97 Å². The second-order valence-corrected chi connectivity index (χ2v) is 4.83. The highest BCUT2D eigenvalue weighted by Crippen LogP contribution is 2.23. The number of nitrogens with zero attached hydrogens (tertiary/aromatic N) is 1. The lowest BCUT2D eigenvalue weighted by atomic mass is 10.2. The van der Waals surface area contributed by atoms with E-state index in [0.717, 1.165) is 11.4 Å². The summed E-state index contributed by atoms with van der Waals surface area (Å²) in [5.74, 6) is -0.371. The highest BCUT2D eigenvalue weighted by Gasteiger charge is 2.25. The standard InChI is InChI=1S/C17H21NO3/c1-4-21-16(17(19)20-3)15-11-10-13(2)18(15)12-14-8-6-5-7-9-14/h5-11,16H,4,12H2,1-3H3. The lowest BCUT2D eigenvalue weighted by Gasteiger charge is -2.19. The van der Waals surface area contributed by atoms with Gasteiger partial charge in [0.15, 0.2) is 6.10 Å². The van der Waals surface area contributed by atoms with Crippen molar-refractivity contribution in [1.82, 2.24) is 4.57 Å². The maximum Gasteiger partial charge on any atom is 0.341 e. The molecule has 1 aromatic heterocycles. The summed E-state index contributed by atoms with van der Waals surface area (Å²) >= 11 is 0. The van der Waals surface area contributed by atoms with E-state index in [9.17, 15) is 4.79 Å². The minimum absolute atomic E-state index is 0.371. The normalized spacial score (nSPS) is 12.1. The number of aromatic nitrogens is 1. The van der Waals surface area contributed by atoms with E-state index in [4.69, 9.17) is 9.47 Å². The number of benzene rings is 1. The van der Waals surface area contributed by atoms with Gasteiger partial charge in [-0.25, -0.2) is 4.79 Å². The van der Waals surface area contributed by atoms with E-state index in [0.29, 0.717) is 13.2 Å². The van der Waals surface area contributed by atoms with Gasteiger partial charge in [-0.05, 0) is 31.5 Å². The largest absolute Gasteiger partial charge is 0.467 e. The van der Waals surface area contributed by atoms with E-state index in [1.807, 2.05) is 44.2 Å². The van der Waals surface area contributed by atoms with Crippen molar-refractivity contribution in [2.45, 2.75) is 26.5 Å². The van der Waals surface area contributed by atoms with Crippen LogP contribution in [-0.4, -0.2) is 24.3 Å². The van der Waals surface area contributed by atoms with Crippen molar-refractivity contribution < 1.29 is 14.3 Å². The number of hydrogen-bond acceptors (Lipinski definition) is 3. The Hall–Kier alpha value is -2.07. The van der Waals surface area contributed by atoms with Crippen LogP contribution in [0.4, 0.5) is 0 Å². The smallest absolute Gasteiger partial charge is 0.341 e. The molecule has 0 N–H and O–H groups in total. The highest BCUT2D eigenvalue weighted by molar-refractivity contribution is 5.76. The Labute approximate surface area is 125 Å². The van der Waals surface area contributed by atoms with Crippen LogP contribution in [0.1, 0.15) is 30.0 Å². The number of carbonyl (C=O) groups excluding carboxylic acids is 1. The molecule has 0 fully saturated rings. The van der Waals surface area contributed by atoms with E-state index < -0.39 is 6.10 Å². The zero-order valence-corrected chi connectivity index (χ0v) is 12.7. The molecule has 21 heavy (non-hydrogen) atoms. The quantitative estimate of drug-likeness (QED) is 0.767. The van der Waals surface area contributed by atoms with E-state index >= 15 is 0 Å². The number of carbonyl (C=O) groups is 1. The van der Waals surface area contributed by atoms with Gasteiger partial charge in [0.05, 0.1) is 12.8 Å². The van der Waals surface area contributed by atoms with Crippen molar-refractivity contribution in [2.75, 3.05) is 13.7 Å². The molecule has 0 saturated carbocycles. The Morgan fingerprint density at radius 2 is 1.90 bits per heavy atom. The molecule has 1 atom stereocenters. The second-order valence-electron chi connectivity index (χ2n) is 4.83. The molecule has 1 aromatic carbocycles. The molecule has 112 valence electrons. The lowest BCUT2D eigenvalue weighted by Crippen LogP contribution is -2.21. The second kappa shape index (κ2) is 7.09. The van der Waals surface area contributed by atoms with Crippen LogP contribution in [0.3, 0.4) is 0 Å². The zero-order chi connectivity index (χ0) is 15.2. The molecule has 0 saturated heterocycles. The van der Waals surface area contributed by atoms with Crippen molar-refractivity contribution in [3.8, 4) is 0 Å². The van der Waals surface area contributed by atoms with Crippen molar-refractivity contribution in [1.29, 1.82) is 0 Å². The summed E-state index contributed by atoms with van der Waals surface area (Å²) in [6, 6.07) is 14.1. The third-order valence-corrected chi connectivity index (χ3v) is 3.43. The van der Waals surface area contributed by atoms with Gasteiger partial charge >= 0.3 is 5.97 Å². The number of ether oxygens (including phenoxy) is 2. The van der Waals surface area contributed by atoms with Crippen LogP contribution in [0, 0.1) is 6.92 Å².